The summed E-state index contributed by atoms with van der Waals surface area (Å²) in [7, 11) is 0. The molecule has 2 N–H and O–H groups in total. The molecule has 0 aliphatic heterocycles. The van der Waals surface area contributed by atoms with E-state index < -0.39 is 0 Å². The van der Waals surface area contributed by atoms with Crippen LogP contribution in [0.5, 0.6) is 0 Å². The van der Waals surface area contributed by atoms with Crippen LogP contribution in [0, 0.1) is 0 Å². The fraction of sp³-hybridized carbons (Fsp3) is 0.500. The molecule has 1 aliphatic carbocycles. The molecular weight excluding hydrogens is 118 g/mol. The summed E-state index contributed by atoms with van der Waals surface area (Å²) in [6, 6.07) is 0.252. The second kappa shape index (κ2) is 2.37. The summed E-state index contributed by atoms with van der Waals surface area (Å²) < 4.78 is 0. The summed E-state index contributed by atoms with van der Waals surface area (Å²) in [4.78, 5) is 1.03. The van der Waals surface area contributed by atoms with Crippen LogP contribution in [-0.2, 0) is 0 Å². The molecule has 1 rings (SSSR count). The van der Waals surface area contributed by atoms with E-state index in [0.717, 1.165) is 17.7 Å². The lowest BCUT2D eigenvalue weighted by molar-refractivity contribution is 0.742. The first-order chi connectivity index (χ1) is 3.79. The largest absolute Gasteiger partial charge is 0.324 e. The van der Waals surface area contributed by atoms with Crippen molar-refractivity contribution < 1.29 is 0 Å². The summed E-state index contributed by atoms with van der Waals surface area (Å²) in [5.74, 6) is 0. The van der Waals surface area contributed by atoms with Gasteiger partial charge < -0.3 is 5.73 Å². The minimum atomic E-state index is 0.252. The van der Waals surface area contributed by atoms with E-state index >= 15 is 0 Å². The topological polar surface area (TPSA) is 26.0 Å². The minimum Gasteiger partial charge on any atom is -0.324 e. The summed E-state index contributed by atoms with van der Waals surface area (Å²) in [5.41, 5.74) is 5.55. The standard InChI is InChI=1S/C6H9NS/c7-5-1-3-6(8)4-2-5/h1,3,5H,2,4,7H2. The van der Waals surface area contributed by atoms with Gasteiger partial charge in [-0.1, -0.05) is 24.4 Å². The molecule has 0 fully saturated rings. The van der Waals surface area contributed by atoms with E-state index in [1.54, 1.807) is 0 Å². The zero-order chi connectivity index (χ0) is 5.98. The Kier molecular flexibility index (Phi) is 1.76. The maximum atomic E-state index is 5.55. The third kappa shape index (κ3) is 1.39. The van der Waals surface area contributed by atoms with Crippen LogP contribution in [0.25, 0.3) is 0 Å². The predicted octanol–water partition coefficient (Wildman–Crippen LogP) is 1.03. The van der Waals surface area contributed by atoms with Gasteiger partial charge in [-0.2, -0.15) is 0 Å². The highest BCUT2D eigenvalue weighted by Crippen LogP contribution is 2.05. The maximum absolute atomic E-state index is 5.55. The van der Waals surface area contributed by atoms with Gasteiger partial charge in [-0.05, 0) is 12.8 Å². The van der Waals surface area contributed by atoms with Crippen LogP contribution in [0.4, 0.5) is 0 Å². The highest BCUT2D eigenvalue weighted by atomic mass is 32.1. The van der Waals surface area contributed by atoms with Gasteiger partial charge in [0.2, 0.25) is 0 Å². The van der Waals surface area contributed by atoms with Gasteiger partial charge in [0.1, 0.15) is 0 Å². The number of nitrogens with two attached hydrogens (primary N) is 1. The smallest absolute Gasteiger partial charge is 0.0230 e. The lowest BCUT2D eigenvalue weighted by Crippen LogP contribution is -2.20. The fourth-order valence-corrected chi connectivity index (χ4v) is 0.916. The van der Waals surface area contributed by atoms with E-state index in [4.69, 9.17) is 18.0 Å². The summed E-state index contributed by atoms with van der Waals surface area (Å²) in [5, 5.41) is 0. The SMILES string of the molecule is NC1C=CC(=S)CC1. The molecule has 0 aromatic carbocycles. The van der Waals surface area contributed by atoms with Crippen molar-refractivity contribution in [3.8, 4) is 0 Å². The summed E-state index contributed by atoms with van der Waals surface area (Å²) >= 11 is 4.92. The van der Waals surface area contributed by atoms with Gasteiger partial charge in [0.25, 0.3) is 0 Å². The molecule has 0 aromatic heterocycles. The number of allylic oxidation sites excluding steroid dienone is 1. The highest BCUT2D eigenvalue weighted by Gasteiger charge is 2.03. The average molecular weight is 127 g/mol. The summed E-state index contributed by atoms with van der Waals surface area (Å²) in [6.07, 6.45) is 5.91. The second-order valence-electron chi connectivity index (χ2n) is 2.03. The molecule has 0 spiro atoms. The fourth-order valence-electron chi connectivity index (χ4n) is 0.719. The Hall–Kier alpha value is -0.210. The van der Waals surface area contributed by atoms with Crippen molar-refractivity contribution in [2.24, 2.45) is 5.73 Å². The Morgan fingerprint density at radius 3 is 2.88 bits per heavy atom. The van der Waals surface area contributed by atoms with Crippen LogP contribution >= 0.6 is 12.2 Å². The molecular formula is C6H9NS. The van der Waals surface area contributed by atoms with Crippen LogP contribution in [0.3, 0.4) is 0 Å². The molecule has 1 aliphatic rings. The van der Waals surface area contributed by atoms with Gasteiger partial charge in [0.15, 0.2) is 0 Å². The van der Waals surface area contributed by atoms with Crippen LogP contribution < -0.4 is 5.73 Å². The van der Waals surface area contributed by atoms with Crippen molar-refractivity contribution in [3.63, 3.8) is 0 Å². The van der Waals surface area contributed by atoms with E-state index in [1.807, 2.05) is 12.2 Å². The zero-order valence-electron chi connectivity index (χ0n) is 4.63. The molecule has 8 heavy (non-hydrogen) atoms. The van der Waals surface area contributed by atoms with Crippen LogP contribution in [0.1, 0.15) is 12.8 Å². The second-order valence-corrected chi connectivity index (χ2v) is 2.55. The molecule has 1 atom stereocenters. The normalized spacial score (nSPS) is 28.6. The molecule has 0 amide bonds. The third-order valence-electron chi connectivity index (χ3n) is 1.25. The lowest BCUT2D eigenvalue weighted by Gasteiger charge is -2.09. The Labute approximate surface area is 54.6 Å². The number of hydrogen-bond acceptors (Lipinski definition) is 2. The van der Waals surface area contributed by atoms with Gasteiger partial charge >= 0.3 is 0 Å². The zero-order valence-corrected chi connectivity index (χ0v) is 5.45. The predicted molar refractivity (Wildman–Crippen MR) is 38.9 cm³/mol. The van der Waals surface area contributed by atoms with E-state index in [-0.39, 0.29) is 6.04 Å². The van der Waals surface area contributed by atoms with Gasteiger partial charge in [0.05, 0.1) is 0 Å². The van der Waals surface area contributed by atoms with Gasteiger partial charge in [-0.3, -0.25) is 0 Å². The van der Waals surface area contributed by atoms with Crippen molar-refractivity contribution in [2.75, 3.05) is 0 Å². The van der Waals surface area contributed by atoms with Crippen molar-refractivity contribution in [1.82, 2.24) is 0 Å². The molecule has 0 heterocycles. The Morgan fingerprint density at radius 1 is 1.75 bits per heavy atom. The quantitative estimate of drug-likeness (QED) is 0.492. The molecule has 2 heteroatoms. The van der Waals surface area contributed by atoms with Crippen LogP contribution in [0.15, 0.2) is 12.2 Å². The monoisotopic (exact) mass is 127 g/mol. The molecule has 0 saturated carbocycles. The van der Waals surface area contributed by atoms with Crippen molar-refractivity contribution in [1.29, 1.82) is 0 Å². The molecule has 44 valence electrons. The number of rotatable bonds is 0. The molecule has 0 radical (unpaired) electrons. The van der Waals surface area contributed by atoms with E-state index in [1.165, 1.54) is 0 Å². The van der Waals surface area contributed by atoms with Crippen molar-refractivity contribution in [3.05, 3.63) is 12.2 Å². The van der Waals surface area contributed by atoms with Crippen LogP contribution in [0.2, 0.25) is 0 Å². The van der Waals surface area contributed by atoms with Crippen molar-refractivity contribution in [2.45, 2.75) is 18.9 Å². The van der Waals surface area contributed by atoms with E-state index in [9.17, 15) is 0 Å². The van der Waals surface area contributed by atoms with Gasteiger partial charge in [-0.15, -0.1) is 0 Å². The molecule has 0 saturated heterocycles. The number of thiocarbonyl (C=S) groups is 1. The Morgan fingerprint density at radius 2 is 2.50 bits per heavy atom. The average Bonchev–Trinajstić information content (AvgIpc) is 1.77. The summed E-state index contributed by atoms with van der Waals surface area (Å²) in [6.45, 7) is 0. The minimum absolute atomic E-state index is 0.252. The first kappa shape index (κ1) is 5.92. The maximum Gasteiger partial charge on any atom is 0.0230 e. The molecule has 0 aromatic rings. The van der Waals surface area contributed by atoms with Gasteiger partial charge in [0, 0.05) is 10.9 Å². The van der Waals surface area contributed by atoms with Crippen LogP contribution in [-0.4, -0.2) is 10.9 Å². The lowest BCUT2D eigenvalue weighted by atomic mass is 10.0. The molecule has 1 nitrogen and oxygen atoms in total. The highest BCUT2D eigenvalue weighted by molar-refractivity contribution is 7.80. The van der Waals surface area contributed by atoms with Crippen molar-refractivity contribution >= 4 is 17.1 Å². The Bertz CT molecular complexity index is 128. The molecule has 0 bridgehead atoms. The third-order valence-corrected chi connectivity index (χ3v) is 1.59. The van der Waals surface area contributed by atoms with E-state index in [2.05, 4.69) is 0 Å². The first-order valence-corrected chi connectivity index (χ1v) is 3.16. The first-order valence-electron chi connectivity index (χ1n) is 2.75. The Balaban J connectivity index is 2.55. The number of hydrogen-bond donors (Lipinski definition) is 1. The molecule has 1 unspecified atom stereocenters. The van der Waals surface area contributed by atoms with Gasteiger partial charge in [-0.25, -0.2) is 0 Å². The van der Waals surface area contributed by atoms with E-state index in [0.29, 0.717) is 0 Å².